The minimum Gasteiger partial charge on any atom is -0.483 e. The van der Waals surface area contributed by atoms with Gasteiger partial charge in [0.05, 0.1) is 0 Å². The summed E-state index contributed by atoms with van der Waals surface area (Å²) in [7, 11) is 0. The monoisotopic (exact) mass is 389 g/mol. The number of hydrogen-bond donors (Lipinski definition) is 2. The van der Waals surface area contributed by atoms with Crippen molar-refractivity contribution < 1.29 is 23.9 Å². The first-order valence-corrected chi connectivity index (χ1v) is 8.45. The lowest BCUT2D eigenvalue weighted by atomic mass is 10.1. The fraction of sp³-hybridized carbons (Fsp3) is 0.263. The Bertz CT molecular complexity index is 928. The quantitative estimate of drug-likeness (QED) is 0.761. The van der Waals surface area contributed by atoms with Crippen LogP contribution in [0.3, 0.4) is 0 Å². The molecule has 0 bridgehead atoms. The third kappa shape index (κ3) is 5.03. The van der Waals surface area contributed by atoms with Gasteiger partial charge in [0, 0.05) is 43.2 Å². The number of hydrogen-bond acceptors (Lipinski definition) is 4. The van der Waals surface area contributed by atoms with Gasteiger partial charge in [0.15, 0.2) is 5.43 Å². The molecule has 1 aliphatic rings. The molecule has 9 heteroatoms. The molecule has 0 atom stereocenters. The van der Waals surface area contributed by atoms with Crippen LogP contribution in [0.15, 0.2) is 41.3 Å². The molecule has 1 aliphatic heterocycles. The van der Waals surface area contributed by atoms with Crippen molar-refractivity contribution in [2.75, 3.05) is 19.6 Å². The smallest absolute Gasteiger partial charge is 0.290 e. The van der Waals surface area contributed by atoms with Crippen molar-refractivity contribution >= 4 is 18.3 Å². The molecular formula is C19H20FN3O5. The van der Waals surface area contributed by atoms with Gasteiger partial charge in [-0.25, -0.2) is 4.39 Å². The Morgan fingerprint density at radius 2 is 1.96 bits per heavy atom. The van der Waals surface area contributed by atoms with Crippen LogP contribution >= 0.6 is 0 Å². The van der Waals surface area contributed by atoms with Crippen molar-refractivity contribution in [2.24, 2.45) is 0 Å². The number of benzene rings is 1. The first kappa shape index (κ1) is 20.8. The van der Waals surface area contributed by atoms with Crippen LogP contribution in [0, 0.1) is 12.7 Å². The third-order valence-electron chi connectivity index (χ3n) is 4.21. The van der Waals surface area contributed by atoms with Gasteiger partial charge >= 0.3 is 0 Å². The summed E-state index contributed by atoms with van der Waals surface area (Å²) in [6, 6.07) is 7.64. The largest absolute Gasteiger partial charge is 0.483 e. The molecule has 0 radical (unpaired) electrons. The fourth-order valence-corrected chi connectivity index (χ4v) is 2.79. The van der Waals surface area contributed by atoms with E-state index >= 15 is 0 Å². The molecule has 148 valence electrons. The summed E-state index contributed by atoms with van der Waals surface area (Å²) >= 11 is 0. The minimum atomic E-state index is -0.472. The molecule has 2 heterocycles. The van der Waals surface area contributed by atoms with Crippen LogP contribution in [-0.4, -0.2) is 57.8 Å². The first-order valence-electron chi connectivity index (χ1n) is 8.45. The first-order chi connectivity index (χ1) is 13.4. The normalized spacial score (nSPS) is 13.6. The van der Waals surface area contributed by atoms with E-state index < -0.39 is 5.91 Å². The van der Waals surface area contributed by atoms with Gasteiger partial charge in [0.2, 0.25) is 5.91 Å². The van der Waals surface area contributed by atoms with Crippen LogP contribution in [0.25, 0.3) is 0 Å². The van der Waals surface area contributed by atoms with Crippen molar-refractivity contribution in [1.29, 1.82) is 0 Å². The van der Waals surface area contributed by atoms with Gasteiger partial charge in [0.1, 0.15) is 17.9 Å². The Balaban J connectivity index is 0.000000878. The topological polar surface area (TPSA) is 111 Å². The number of aryl methyl sites for hydroxylation is 1. The maximum Gasteiger partial charge on any atom is 0.290 e. The summed E-state index contributed by atoms with van der Waals surface area (Å²) in [6.07, 6.45) is 1.37. The van der Waals surface area contributed by atoms with E-state index in [1.807, 2.05) is 0 Å². The lowest BCUT2D eigenvalue weighted by Gasteiger charge is -2.34. The van der Waals surface area contributed by atoms with E-state index in [0.29, 0.717) is 24.3 Å². The number of carbonyl (C=O) groups excluding carboxylic acids is 2. The number of carbonyl (C=O) groups is 3. The van der Waals surface area contributed by atoms with E-state index in [1.165, 1.54) is 28.1 Å². The molecule has 2 amide bonds. The average molecular weight is 389 g/mol. The van der Waals surface area contributed by atoms with E-state index in [9.17, 15) is 18.8 Å². The highest BCUT2D eigenvalue weighted by Gasteiger charge is 2.29. The Morgan fingerprint density at radius 3 is 2.57 bits per heavy atom. The Kier molecular flexibility index (Phi) is 7.02. The molecule has 0 unspecified atom stereocenters. The standard InChI is InChI=1S/C18H18FN3O3.CH2O2/c1-12-8-16(23)14(9-20-12)18(25)22-7-6-21(17(24)11-22)10-13-4-2-3-5-15(13)19;2-1-3/h2-5,8-9H,6-7,10-11H2,1H3,(H,20,23);1H,(H,2,3). The molecule has 2 aromatic rings. The number of pyridine rings is 1. The molecule has 0 aliphatic carbocycles. The van der Waals surface area contributed by atoms with E-state index in [4.69, 9.17) is 9.90 Å². The Hall–Kier alpha value is -3.49. The lowest BCUT2D eigenvalue weighted by Crippen LogP contribution is -2.52. The van der Waals surface area contributed by atoms with Crippen LogP contribution in [0.1, 0.15) is 21.6 Å². The zero-order valence-corrected chi connectivity index (χ0v) is 15.2. The maximum atomic E-state index is 13.7. The van der Waals surface area contributed by atoms with E-state index in [0.717, 1.165) is 0 Å². The number of carboxylic acid groups (broad SMARTS) is 1. The number of piperazine rings is 1. The molecule has 1 aromatic carbocycles. The average Bonchev–Trinajstić information content (AvgIpc) is 2.65. The fourth-order valence-electron chi connectivity index (χ4n) is 2.79. The molecule has 3 rings (SSSR count). The van der Waals surface area contributed by atoms with Crippen LogP contribution in [0.2, 0.25) is 0 Å². The lowest BCUT2D eigenvalue weighted by molar-refractivity contribution is -0.135. The van der Waals surface area contributed by atoms with Crippen LogP contribution in [0.5, 0.6) is 0 Å². The second-order valence-corrected chi connectivity index (χ2v) is 6.13. The molecule has 1 saturated heterocycles. The second-order valence-electron chi connectivity index (χ2n) is 6.13. The summed E-state index contributed by atoms with van der Waals surface area (Å²) < 4.78 is 13.7. The molecule has 0 spiro atoms. The van der Waals surface area contributed by atoms with Crippen molar-refractivity contribution in [3.8, 4) is 0 Å². The SMILES string of the molecule is Cc1cc(=O)c(C(=O)N2CCN(Cc3ccccc3F)C(=O)C2)c[nH]1.O=CO. The van der Waals surface area contributed by atoms with Crippen LogP contribution in [0.4, 0.5) is 4.39 Å². The van der Waals surface area contributed by atoms with Crippen molar-refractivity contribution in [3.63, 3.8) is 0 Å². The summed E-state index contributed by atoms with van der Waals surface area (Å²) in [6.45, 7) is 2.11. The molecule has 28 heavy (non-hydrogen) atoms. The number of nitrogens with zero attached hydrogens (tertiary/aromatic N) is 2. The minimum absolute atomic E-state index is 0.0148. The zero-order valence-electron chi connectivity index (χ0n) is 15.2. The molecule has 1 aromatic heterocycles. The molecular weight excluding hydrogens is 369 g/mol. The predicted octanol–water partition coefficient (Wildman–Crippen LogP) is 1.01. The number of nitrogens with one attached hydrogen (secondary N) is 1. The van der Waals surface area contributed by atoms with Gasteiger partial charge < -0.3 is 19.9 Å². The highest BCUT2D eigenvalue weighted by atomic mass is 19.1. The van der Waals surface area contributed by atoms with E-state index in [2.05, 4.69) is 4.98 Å². The number of aromatic nitrogens is 1. The highest BCUT2D eigenvalue weighted by Crippen LogP contribution is 2.14. The zero-order chi connectivity index (χ0) is 20.7. The van der Waals surface area contributed by atoms with E-state index in [1.54, 1.807) is 25.1 Å². The summed E-state index contributed by atoms with van der Waals surface area (Å²) in [5.41, 5.74) is 0.737. The van der Waals surface area contributed by atoms with Gasteiger partial charge in [-0.3, -0.25) is 19.2 Å². The second kappa shape index (κ2) is 9.45. The predicted molar refractivity (Wildman–Crippen MR) is 98.2 cm³/mol. The van der Waals surface area contributed by atoms with Gasteiger partial charge in [-0.2, -0.15) is 0 Å². The van der Waals surface area contributed by atoms with Gasteiger partial charge in [-0.05, 0) is 13.0 Å². The summed E-state index contributed by atoms with van der Waals surface area (Å²) in [5, 5.41) is 6.89. The van der Waals surface area contributed by atoms with Gasteiger partial charge in [0.25, 0.3) is 12.4 Å². The van der Waals surface area contributed by atoms with Crippen molar-refractivity contribution in [1.82, 2.24) is 14.8 Å². The summed E-state index contributed by atoms with van der Waals surface area (Å²) in [4.78, 5) is 50.8. The Labute approximate surface area is 160 Å². The molecule has 8 nitrogen and oxygen atoms in total. The Morgan fingerprint density at radius 1 is 1.29 bits per heavy atom. The number of amides is 2. The van der Waals surface area contributed by atoms with Gasteiger partial charge in [-0.1, -0.05) is 18.2 Å². The third-order valence-corrected chi connectivity index (χ3v) is 4.21. The van der Waals surface area contributed by atoms with Crippen molar-refractivity contribution in [2.45, 2.75) is 13.5 Å². The van der Waals surface area contributed by atoms with E-state index in [-0.39, 0.29) is 42.3 Å². The van der Waals surface area contributed by atoms with Crippen LogP contribution in [-0.2, 0) is 16.1 Å². The summed E-state index contributed by atoms with van der Waals surface area (Å²) in [5.74, 6) is -1.11. The molecule has 1 fully saturated rings. The van der Waals surface area contributed by atoms with Gasteiger partial charge in [-0.15, -0.1) is 0 Å². The number of H-pyrrole nitrogens is 1. The molecule has 2 N–H and O–H groups in total. The number of halogens is 1. The number of aromatic amines is 1. The highest BCUT2D eigenvalue weighted by molar-refractivity contribution is 5.96. The maximum absolute atomic E-state index is 13.7. The molecule has 0 saturated carbocycles. The van der Waals surface area contributed by atoms with Crippen LogP contribution < -0.4 is 5.43 Å². The van der Waals surface area contributed by atoms with Crippen molar-refractivity contribution in [3.05, 3.63) is 69.4 Å². The number of rotatable bonds is 3.